The summed E-state index contributed by atoms with van der Waals surface area (Å²) in [5.41, 5.74) is 6.46. The van der Waals surface area contributed by atoms with Crippen molar-refractivity contribution in [1.82, 2.24) is 20.0 Å². The fourth-order valence-corrected chi connectivity index (χ4v) is 7.54. The normalized spacial score (nSPS) is 25.0. The highest BCUT2D eigenvalue weighted by Gasteiger charge is 2.44. The van der Waals surface area contributed by atoms with Gasteiger partial charge in [-0.05, 0) is 92.7 Å². The Morgan fingerprint density at radius 2 is 1.67 bits per heavy atom. The van der Waals surface area contributed by atoms with Gasteiger partial charge in [0.2, 0.25) is 11.8 Å². The molecule has 2 saturated heterocycles. The summed E-state index contributed by atoms with van der Waals surface area (Å²) >= 11 is 0. The Bertz CT molecular complexity index is 1730. The van der Waals surface area contributed by atoms with Crippen LogP contribution in [0.2, 0.25) is 0 Å². The minimum atomic E-state index is -0.959. The van der Waals surface area contributed by atoms with Crippen LogP contribution in [0.25, 0.3) is 11.1 Å². The summed E-state index contributed by atoms with van der Waals surface area (Å²) in [6.45, 7) is 5.35. The van der Waals surface area contributed by atoms with Gasteiger partial charge in [-0.3, -0.25) is 34.1 Å². The molecule has 2 aromatic carbocycles. The monoisotopic (exact) mass is 620 g/mol. The Kier molecular flexibility index (Phi) is 7.18. The lowest BCUT2D eigenvalue weighted by Crippen LogP contribution is -2.54. The van der Waals surface area contributed by atoms with Gasteiger partial charge in [0, 0.05) is 55.1 Å². The van der Waals surface area contributed by atoms with E-state index in [4.69, 9.17) is 5.10 Å². The predicted octanol–water partition coefficient (Wildman–Crippen LogP) is 5.13. The fourth-order valence-electron chi connectivity index (χ4n) is 7.54. The smallest absolute Gasteiger partial charge is 0.262 e. The van der Waals surface area contributed by atoms with Gasteiger partial charge in [-0.2, -0.15) is 5.10 Å². The number of benzene rings is 2. The van der Waals surface area contributed by atoms with E-state index in [2.05, 4.69) is 57.6 Å². The van der Waals surface area contributed by atoms with Crippen LogP contribution < -0.4 is 15.5 Å². The molecular formula is C36H40N6O4. The van der Waals surface area contributed by atoms with Crippen molar-refractivity contribution in [2.24, 2.45) is 11.8 Å². The van der Waals surface area contributed by atoms with Crippen molar-refractivity contribution in [1.29, 1.82) is 0 Å². The van der Waals surface area contributed by atoms with Crippen LogP contribution in [0.15, 0.2) is 48.7 Å². The zero-order valence-electron chi connectivity index (χ0n) is 26.2. The van der Waals surface area contributed by atoms with E-state index >= 15 is 0 Å². The number of nitrogens with one attached hydrogen (secondary N) is 2. The van der Waals surface area contributed by atoms with Crippen molar-refractivity contribution in [3.8, 4) is 11.1 Å². The van der Waals surface area contributed by atoms with Gasteiger partial charge in [-0.25, -0.2) is 0 Å². The Morgan fingerprint density at radius 1 is 0.891 bits per heavy atom. The highest BCUT2D eigenvalue weighted by molar-refractivity contribution is 6.23. The lowest BCUT2D eigenvalue weighted by atomic mass is 9.80. The summed E-state index contributed by atoms with van der Waals surface area (Å²) in [7, 11) is 0. The summed E-state index contributed by atoms with van der Waals surface area (Å²) in [6.07, 6.45) is 9.50. The number of aromatic nitrogens is 2. The number of hydrogen-bond donors (Lipinski definition) is 2. The fraction of sp³-hybridized carbons (Fsp3) is 0.472. The molecule has 4 amide bonds. The van der Waals surface area contributed by atoms with Crippen molar-refractivity contribution in [2.75, 3.05) is 29.9 Å². The van der Waals surface area contributed by atoms with Crippen LogP contribution >= 0.6 is 0 Å². The third kappa shape index (κ3) is 5.27. The molecule has 3 aromatic rings. The highest BCUT2D eigenvalue weighted by Crippen LogP contribution is 2.46. The Morgan fingerprint density at radius 3 is 2.43 bits per heavy atom. The van der Waals surface area contributed by atoms with E-state index in [9.17, 15) is 19.2 Å². The molecule has 1 aromatic heterocycles. The first kappa shape index (κ1) is 29.0. The first-order valence-corrected chi connectivity index (χ1v) is 16.9. The Balaban J connectivity index is 0.906. The lowest BCUT2D eigenvalue weighted by Gasteiger charge is -2.35. The number of anilines is 2. The van der Waals surface area contributed by atoms with Crippen molar-refractivity contribution in [3.05, 3.63) is 65.5 Å². The van der Waals surface area contributed by atoms with E-state index in [0.29, 0.717) is 29.0 Å². The van der Waals surface area contributed by atoms with Crippen LogP contribution in [-0.2, 0) is 9.59 Å². The van der Waals surface area contributed by atoms with Crippen LogP contribution in [0.5, 0.6) is 0 Å². The molecular weight excluding hydrogens is 580 g/mol. The van der Waals surface area contributed by atoms with E-state index in [0.717, 1.165) is 49.0 Å². The first-order valence-electron chi connectivity index (χ1n) is 16.9. The number of imide groups is 2. The summed E-state index contributed by atoms with van der Waals surface area (Å²) in [5, 5.41) is 10.8. The zero-order valence-corrected chi connectivity index (χ0v) is 26.2. The standard InChI is InChI=1S/C36H40N6O4/c1-21-11-13-40(14-12-21)26-4-2-3-24(17-26)30-20-41(39-33(30)23-5-6-23)27-15-22(16-27)19-37-25-7-8-28-29(18-25)36(46)42(35(28)45)31-9-10-32(43)38-34(31)44/h2-4,7-8,17-18,20-23,27,31,37H,5-6,9-16,19H2,1H3,(H,38,43,44). The van der Waals surface area contributed by atoms with Crippen molar-refractivity contribution in [2.45, 2.75) is 76.3 Å². The van der Waals surface area contributed by atoms with E-state index in [1.54, 1.807) is 12.1 Å². The molecule has 1 unspecified atom stereocenters. The number of carbonyl (C=O) groups is 4. The number of nitrogens with zero attached hydrogens (tertiary/aromatic N) is 4. The summed E-state index contributed by atoms with van der Waals surface area (Å²) < 4.78 is 2.21. The molecule has 10 heteroatoms. The number of fused-ring (bicyclic) bond motifs is 1. The molecule has 2 aliphatic carbocycles. The van der Waals surface area contributed by atoms with Crippen molar-refractivity contribution in [3.63, 3.8) is 0 Å². The molecule has 10 nitrogen and oxygen atoms in total. The van der Waals surface area contributed by atoms with E-state index in [1.165, 1.54) is 48.2 Å². The molecule has 4 fully saturated rings. The lowest BCUT2D eigenvalue weighted by molar-refractivity contribution is -0.136. The number of hydrogen-bond acceptors (Lipinski definition) is 7. The maximum Gasteiger partial charge on any atom is 0.262 e. The quantitative estimate of drug-likeness (QED) is 0.336. The molecule has 4 heterocycles. The molecule has 8 rings (SSSR count). The number of rotatable bonds is 8. The summed E-state index contributed by atoms with van der Waals surface area (Å²) in [5.74, 6) is -0.115. The second-order valence-electron chi connectivity index (χ2n) is 14.0. The summed E-state index contributed by atoms with van der Waals surface area (Å²) in [4.78, 5) is 53.6. The van der Waals surface area contributed by atoms with Crippen molar-refractivity contribution >= 4 is 35.0 Å². The van der Waals surface area contributed by atoms with Crippen LogP contribution in [0.1, 0.15) is 96.7 Å². The minimum absolute atomic E-state index is 0.103. The third-order valence-electron chi connectivity index (χ3n) is 10.7. The predicted molar refractivity (Wildman–Crippen MR) is 174 cm³/mol. The molecule has 0 spiro atoms. The number of piperidine rings is 2. The average Bonchev–Trinajstić information content (AvgIpc) is 3.74. The average molecular weight is 621 g/mol. The molecule has 2 saturated carbocycles. The van der Waals surface area contributed by atoms with E-state index in [-0.39, 0.29) is 18.7 Å². The zero-order chi connectivity index (χ0) is 31.5. The van der Waals surface area contributed by atoms with Gasteiger partial charge in [-0.1, -0.05) is 19.1 Å². The van der Waals surface area contributed by atoms with Gasteiger partial charge < -0.3 is 10.2 Å². The van der Waals surface area contributed by atoms with E-state index in [1.807, 2.05) is 6.07 Å². The third-order valence-corrected chi connectivity index (χ3v) is 10.7. The second-order valence-corrected chi connectivity index (χ2v) is 14.0. The first-order chi connectivity index (χ1) is 22.3. The molecule has 0 bridgehead atoms. The molecule has 0 radical (unpaired) electrons. The number of amides is 4. The highest BCUT2D eigenvalue weighted by atomic mass is 16.2. The van der Waals surface area contributed by atoms with Crippen LogP contribution in [0, 0.1) is 11.8 Å². The van der Waals surface area contributed by atoms with Gasteiger partial charge >= 0.3 is 0 Å². The molecule has 238 valence electrons. The van der Waals surface area contributed by atoms with Crippen LogP contribution in [0.3, 0.4) is 0 Å². The summed E-state index contributed by atoms with van der Waals surface area (Å²) in [6, 6.07) is 13.6. The Hall–Kier alpha value is -4.47. The van der Waals surface area contributed by atoms with Gasteiger partial charge in [0.05, 0.1) is 22.9 Å². The van der Waals surface area contributed by atoms with Gasteiger partial charge in [0.1, 0.15) is 6.04 Å². The topological polar surface area (TPSA) is 117 Å². The van der Waals surface area contributed by atoms with Gasteiger partial charge in [0.25, 0.3) is 11.8 Å². The Labute approximate surface area is 268 Å². The molecule has 1 atom stereocenters. The van der Waals surface area contributed by atoms with Gasteiger partial charge in [0.15, 0.2) is 0 Å². The SMILES string of the molecule is CC1CCN(c2cccc(-c3cn(C4CC(CNc5ccc6c(c5)C(=O)N(C5CCC(=O)NC5=O)C6=O)C4)nc3C3CC3)c2)CC1. The van der Waals surface area contributed by atoms with Crippen LogP contribution in [-0.4, -0.2) is 64.0 Å². The van der Waals surface area contributed by atoms with Crippen LogP contribution in [0.4, 0.5) is 11.4 Å². The van der Waals surface area contributed by atoms with Gasteiger partial charge in [-0.15, -0.1) is 0 Å². The number of carbonyl (C=O) groups excluding carboxylic acids is 4. The molecule has 3 aliphatic heterocycles. The molecule has 5 aliphatic rings. The maximum atomic E-state index is 13.2. The second kappa shape index (κ2) is 11.4. The molecule has 2 N–H and O–H groups in total. The van der Waals surface area contributed by atoms with Crippen molar-refractivity contribution < 1.29 is 19.2 Å². The molecule has 46 heavy (non-hydrogen) atoms. The minimum Gasteiger partial charge on any atom is -0.385 e. The van der Waals surface area contributed by atoms with E-state index < -0.39 is 23.8 Å². The maximum absolute atomic E-state index is 13.2. The largest absolute Gasteiger partial charge is 0.385 e.